The number of hydrogen-bond acceptors (Lipinski definition) is 3. The molecule has 0 spiro atoms. The number of carbonyl (C=O) groups excluding carboxylic acids is 1. The zero-order chi connectivity index (χ0) is 18.8. The van der Waals surface area contributed by atoms with Crippen LogP contribution in [0, 0.1) is 5.82 Å². The molecule has 1 N–H and O–H groups in total. The van der Waals surface area contributed by atoms with Crippen molar-refractivity contribution in [2.45, 2.75) is 32.2 Å². The molecule has 0 fully saturated rings. The maximum Gasteiger partial charge on any atom is 0.256 e. The van der Waals surface area contributed by atoms with Crippen molar-refractivity contribution in [1.29, 1.82) is 0 Å². The van der Waals surface area contributed by atoms with Gasteiger partial charge in [-0.2, -0.15) is 0 Å². The van der Waals surface area contributed by atoms with E-state index in [9.17, 15) is 9.18 Å². The van der Waals surface area contributed by atoms with E-state index in [2.05, 4.69) is 36.0 Å². The molecule has 1 aromatic heterocycles. The molecule has 0 saturated heterocycles. The van der Waals surface area contributed by atoms with Crippen LogP contribution in [-0.2, 0) is 13.0 Å². The van der Waals surface area contributed by atoms with Gasteiger partial charge in [0.15, 0.2) is 5.82 Å². The van der Waals surface area contributed by atoms with Crippen molar-refractivity contribution in [3.8, 4) is 11.4 Å². The van der Waals surface area contributed by atoms with Crippen LogP contribution in [0.5, 0.6) is 0 Å². The van der Waals surface area contributed by atoms with E-state index in [1.165, 1.54) is 24.6 Å². The highest BCUT2D eigenvalue weighted by Crippen LogP contribution is 2.25. The largest absolute Gasteiger partial charge is 0.322 e. The lowest BCUT2D eigenvalue weighted by Crippen LogP contribution is -2.12. The monoisotopic (exact) mass is 428 g/mol. The minimum absolute atomic E-state index is 0.300. The predicted octanol–water partition coefficient (Wildman–Crippen LogP) is 4.83. The molecule has 1 aliphatic rings. The van der Waals surface area contributed by atoms with Crippen LogP contribution in [0.2, 0.25) is 0 Å². The number of hydrogen-bond donors (Lipinski definition) is 1. The van der Waals surface area contributed by atoms with Crippen LogP contribution in [-0.4, -0.2) is 20.7 Å². The highest BCUT2D eigenvalue weighted by atomic mass is 79.9. The first-order valence-corrected chi connectivity index (χ1v) is 9.70. The van der Waals surface area contributed by atoms with Gasteiger partial charge in [0.2, 0.25) is 0 Å². The molecule has 2 heterocycles. The molecule has 2 aromatic carbocycles. The Morgan fingerprint density at radius 2 is 1.89 bits per heavy atom. The van der Waals surface area contributed by atoms with Gasteiger partial charge in [-0.15, -0.1) is 10.2 Å². The summed E-state index contributed by atoms with van der Waals surface area (Å²) in [5.74, 6) is 1.22. The molecule has 0 unspecified atom stereocenters. The van der Waals surface area contributed by atoms with Crippen LogP contribution in [0.4, 0.5) is 10.1 Å². The lowest BCUT2D eigenvalue weighted by Gasteiger charge is -2.09. The summed E-state index contributed by atoms with van der Waals surface area (Å²) in [6.45, 7) is 0.939. The molecule has 1 aliphatic heterocycles. The Bertz CT molecular complexity index is 984. The second-order valence-corrected chi connectivity index (χ2v) is 7.41. The second kappa shape index (κ2) is 7.60. The minimum atomic E-state index is -0.393. The van der Waals surface area contributed by atoms with Crippen LogP contribution in [0.3, 0.4) is 0 Å². The van der Waals surface area contributed by atoms with E-state index in [1.54, 1.807) is 0 Å². The number of aryl methyl sites for hydroxylation is 1. The van der Waals surface area contributed by atoms with Gasteiger partial charge >= 0.3 is 0 Å². The van der Waals surface area contributed by atoms with E-state index < -0.39 is 5.82 Å². The number of fused-ring (bicyclic) bond motifs is 1. The first-order valence-electron chi connectivity index (χ1n) is 8.91. The number of aromatic nitrogens is 3. The summed E-state index contributed by atoms with van der Waals surface area (Å²) in [6.07, 6.45) is 4.47. The van der Waals surface area contributed by atoms with Crippen LogP contribution in [0.15, 0.2) is 46.9 Å². The summed E-state index contributed by atoms with van der Waals surface area (Å²) in [5, 5.41) is 11.5. The lowest BCUT2D eigenvalue weighted by molar-refractivity contribution is 0.102. The molecule has 0 radical (unpaired) electrons. The smallest absolute Gasteiger partial charge is 0.256 e. The first-order chi connectivity index (χ1) is 13.1. The Kier molecular flexibility index (Phi) is 5.03. The van der Waals surface area contributed by atoms with Crippen LogP contribution in [0.25, 0.3) is 11.4 Å². The van der Waals surface area contributed by atoms with Gasteiger partial charge in [-0.1, -0.05) is 6.42 Å². The van der Waals surface area contributed by atoms with E-state index in [4.69, 9.17) is 0 Å². The molecule has 0 saturated carbocycles. The van der Waals surface area contributed by atoms with Gasteiger partial charge in [0.1, 0.15) is 11.6 Å². The van der Waals surface area contributed by atoms with E-state index >= 15 is 0 Å². The van der Waals surface area contributed by atoms with Gasteiger partial charge in [-0.05, 0) is 71.2 Å². The van der Waals surface area contributed by atoms with Crippen LogP contribution < -0.4 is 5.32 Å². The normalized spacial score (nSPS) is 13.7. The van der Waals surface area contributed by atoms with Crippen molar-refractivity contribution in [3.63, 3.8) is 0 Å². The van der Waals surface area contributed by atoms with Crippen molar-refractivity contribution >= 4 is 27.5 Å². The quantitative estimate of drug-likeness (QED) is 0.649. The zero-order valence-electron chi connectivity index (χ0n) is 14.6. The number of amides is 1. The molecule has 0 bridgehead atoms. The molecule has 3 aromatic rings. The highest BCUT2D eigenvalue weighted by Gasteiger charge is 2.16. The molecule has 1 amide bonds. The molecular formula is C20H18BrFN4O. The van der Waals surface area contributed by atoms with Gasteiger partial charge in [0.25, 0.3) is 5.91 Å². The number of anilines is 1. The summed E-state index contributed by atoms with van der Waals surface area (Å²) >= 11 is 3.22. The number of nitrogens with one attached hydrogen (secondary N) is 1. The average Bonchev–Trinajstić information content (AvgIpc) is 2.90. The standard InChI is InChI=1S/C20H18BrFN4O/c21-17-12-14(22)7-10-16(17)20(27)23-15-8-5-13(6-9-15)19-25-24-18-4-2-1-3-11-26(18)19/h5-10,12H,1-4,11H2,(H,23,27). The summed E-state index contributed by atoms with van der Waals surface area (Å²) in [6, 6.07) is 11.5. The van der Waals surface area contributed by atoms with Crippen molar-refractivity contribution < 1.29 is 9.18 Å². The molecule has 4 rings (SSSR count). The number of halogens is 2. The number of nitrogens with zero attached hydrogens (tertiary/aromatic N) is 3. The number of rotatable bonds is 3. The maximum atomic E-state index is 13.2. The Morgan fingerprint density at radius 3 is 2.67 bits per heavy atom. The SMILES string of the molecule is O=C(Nc1ccc(-c2nnc3n2CCCCC3)cc1)c1ccc(F)cc1Br. The van der Waals surface area contributed by atoms with Gasteiger partial charge in [-0.25, -0.2) is 4.39 Å². The summed E-state index contributed by atoms with van der Waals surface area (Å²) < 4.78 is 15.8. The average molecular weight is 429 g/mol. The maximum absolute atomic E-state index is 13.2. The fraction of sp³-hybridized carbons (Fsp3) is 0.250. The highest BCUT2D eigenvalue weighted by molar-refractivity contribution is 9.10. The van der Waals surface area contributed by atoms with Crippen molar-refractivity contribution in [2.24, 2.45) is 0 Å². The molecule has 0 aliphatic carbocycles. The minimum Gasteiger partial charge on any atom is -0.322 e. The zero-order valence-corrected chi connectivity index (χ0v) is 16.2. The van der Waals surface area contributed by atoms with E-state index in [0.29, 0.717) is 15.7 Å². The third-order valence-electron chi connectivity index (χ3n) is 4.69. The van der Waals surface area contributed by atoms with Crippen molar-refractivity contribution in [2.75, 3.05) is 5.32 Å². The third-order valence-corrected chi connectivity index (χ3v) is 5.34. The summed E-state index contributed by atoms with van der Waals surface area (Å²) in [5.41, 5.74) is 2.01. The molecule has 7 heteroatoms. The van der Waals surface area contributed by atoms with Gasteiger partial charge in [0, 0.05) is 28.7 Å². The Hall–Kier alpha value is -2.54. The van der Waals surface area contributed by atoms with Gasteiger partial charge < -0.3 is 9.88 Å². The third kappa shape index (κ3) is 3.78. The van der Waals surface area contributed by atoms with Crippen LogP contribution in [0.1, 0.15) is 35.4 Å². The molecule has 27 heavy (non-hydrogen) atoms. The van der Waals surface area contributed by atoms with Crippen LogP contribution >= 0.6 is 15.9 Å². The van der Waals surface area contributed by atoms with E-state index in [0.717, 1.165) is 43.0 Å². The Balaban J connectivity index is 1.53. The summed E-state index contributed by atoms with van der Waals surface area (Å²) in [7, 11) is 0. The van der Waals surface area contributed by atoms with Gasteiger partial charge in [0.05, 0.1) is 5.56 Å². The Labute approximate surface area is 164 Å². The van der Waals surface area contributed by atoms with Crippen molar-refractivity contribution in [1.82, 2.24) is 14.8 Å². The predicted molar refractivity (Wildman–Crippen MR) is 105 cm³/mol. The fourth-order valence-corrected chi connectivity index (χ4v) is 3.80. The Morgan fingerprint density at radius 1 is 1.07 bits per heavy atom. The lowest BCUT2D eigenvalue weighted by atomic mass is 10.1. The summed E-state index contributed by atoms with van der Waals surface area (Å²) in [4.78, 5) is 12.4. The van der Waals surface area contributed by atoms with Gasteiger partial charge in [-0.3, -0.25) is 4.79 Å². The topological polar surface area (TPSA) is 59.8 Å². The van der Waals surface area contributed by atoms with E-state index in [1.807, 2.05) is 24.3 Å². The second-order valence-electron chi connectivity index (χ2n) is 6.56. The molecule has 138 valence electrons. The molecule has 5 nitrogen and oxygen atoms in total. The van der Waals surface area contributed by atoms with E-state index in [-0.39, 0.29) is 5.91 Å². The fourth-order valence-electron chi connectivity index (χ4n) is 3.27. The number of carbonyl (C=O) groups is 1. The number of benzene rings is 2. The molecular weight excluding hydrogens is 411 g/mol. The first kappa shape index (κ1) is 17.9. The van der Waals surface area contributed by atoms with Crippen molar-refractivity contribution in [3.05, 3.63) is 64.1 Å². The molecule has 0 atom stereocenters.